The van der Waals surface area contributed by atoms with Crippen LogP contribution in [0.2, 0.25) is 0 Å². The van der Waals surface area contributed by atoms with Crippen LogP contribution in [-0.2, 0) is 0 Å². The lowest BCUT2D eigenvalue weighted by Gasteiger charge is -2.20. The number of allylic oxidation sites excluding steroid dienone is 2. The first-order valence-electron chi connectivity index (χ1n) is 8.00. The molecule has 1 saturated carbocycles. The van der Waals surface area contributed by atoms with Crippen molar-refractivity contribution in [1.29, 1.82) is 0 Å². The van der Waals surface area contributed by atoms with E-state index in [0.717, 1.165) is 29.9 Å². The number of hydrogen-bond donors (Lipinski definition) is 2. The molecule has 0 unspecified atom stereocenters. The van der Waals surface area contributed by atoms with E-state index >= 15 is 0 Å². The summed E-state index contributed by atoms with van der Waals surface area (Å²) >= 11 is 0. The Labute approximate surface area is 132 Å². The van der Waals surface area contributed by atoms with Crippen molar-refractivity contribution in [1.82, 2.24) is 5.32 Å². The van der Waals surface area contributed by atoms with Crippen molar-refractivity contribution < 1.29 is 14.6 Å². The minimum Gasteiger partial charge on any atom is -0.493 e. The number of aliphatic hydroxyl groups excluding tert-OH is 1. The molecule has 0 radical (unpaired) electrons. The number of benzene rings is 1. The second kappa shape index (κ2) is 6.71. The number of methoxy groups -OCH3 is 2. The molecule has 0 saturated heterocycles. The van der Waals surface area contributed by atoms with Gasteiger partial charge in [0.15, 0.2) is 11.5 Å². The molecule has 4 heteroatoms. The van der Waals surface area contributed by atoms with Gasteiger partial charge in [0.2, 0.25) is 0 Å². The Bertz CT molecular complexity index is 543. The molecule has 3 rings (SSSR count). The maximum atomic E-state index is 10.3. The van der Waals surface area contributed by atoms with Crippen molar-refractivity contribution in [2.24, 2.45) is 17.8 Å². The predicted molar refractivity (Wildman–Crippen MR) is 86.2 cm³/mol. The zero-order valence-corrected chi connectivity index (χ0v) is 13.3. The number of nitrogens with one attached hydrogen (secondary N) is 1. The highest BCUT2D eigenvalue weighted by molar-refractivity contribution is 5.43. The quantitative estimate of drug-likeness (QED) is 0.760. The summed E-state index contributed by atoms with van der Waals surface area (Å²) < 4.78 is 10.5. The third-order valence-corrected chi connectivity index (χ3v) is 4.95. The third-order valence-electron chi connectivity index (χ3n) is 4.95. The lowest BCUT2D eigenvalue weighted by Crippen LogP contribution is -2.29. The maximum Gasteiger partial charge on any atom is 0.161 e. The molecular weight excluding hydrogens is 278 g/mol. The van der Waals surface area contributed by atoms with E-state index in [-0.39, 0.29) is 0 Å². The molecule has 120 valence electrons. The smallest absolute Gasteiger partial charge is 0.161 e. The normalized spacial score (nSPS) is 27.1. The van der Waals surface area contributed by atoms with Gasteiger partial charge in [0.05, 0.1) is 20.3 Å². The van der Waals surface area contributed by atoms with Crippen LogP contribution in [0.4, 0.5) is 0 Å². The van der Waals surface area contributed by atoms with Crippen molar-refractivity contribution in [3.63, 3.8) is 0 Å². The molecular formula is C18H25NO3. The first-order chi connectivity index (χ1) is 10.7. The van der Waals surface area contributed by atoms with Gasteiger partial charge in [-0.3, -0.25) is 0 Å². The van der Waals surface area contributed by atoms with E-state index < -0.39 is 6.10 Å². The molecule has 4 atom stereocenters. The van der Waals surface area contributed by atoms with Gasteiger partial charge in [0.1, 0.15) is 0 Å². The van der Waals surface area contributed by atoms with Crippen LogP contribution < -0.4 is 14.8 Å². The molecule has 1 fully saturated rings. The zero-order chi connectivity index (χ0) is 15.5. The van der Waals surface area contributed by atoms with Gasteiger partial charge in [0, 0.05) is 6.54 Å². The average molecular weight is 303 g/mol. The molecule has 1 aromatic rings. The van der Waals surface area contributed by atoms with Crippen molar-refractivity contribution in [2.75, 3.05) is 27.3 Å². The minimum absolute atomic E-state index is 0.533. The number of ether oxygens (including phenoxy) is 2. The van der Waals surface area contributed by atoms with Crippen LogP contribution in [-0.4, -0.2) is 32.4 Å². The van der Waals surface area contributed by atoms with Crippen molar-refractivity contribution >= 4 is 0 Å². The molecule has 0 heterocycles. The summed E-state index contributed by atoms with van der Waals surface area (Å²) in [6, 6.07) is 5.55. The second-order valence-corrected chi connectivity index (χ2v) is 6.33. The van der Waals surface area contributed by atoms with E-state index in [1.54, 1.807) is 14.2 Å². The Kier molecular flexibility index (Phi) is 4.69. The molecule has 2 bridgehead atoms. The topological polar surface area (TPSA) is 50.7 Å². The fourth-order valence-corrected chi connectivity index (χ4v) is 3.71. The van der Waals surface area contributed by atoms with Crippen LogP contribution in [0.3, 0.4) is 0 Å². The highest BCUT2D eigenvalue weighted by Crippen LogP contribution is 2.43. The Morgan fingerprint density at radius 1 is 1.18 bits per heavy atom. The molecule has 22 heavy (non-hydrogen) atoms. The monoisotopic (exact) mass is 303 g/mol. The summed E-state index contributed by atoms with van der Waals surface area (Å²) in [5.74, 6) is 3.60. The van der Waals surface area contributed by atoms with Crippen LogP contribution in [0.15, 0.2) is 30.4 Å². The molecule has 1 aromatic carbocycles. The van der Waals surface area contributed by atoms with Gasteiger partial charge in [0.25, 0.3) is 0 Å². The predicted octanol–water partition coefficient (Wildman–Crippen LogP) is 2.54. The Morgan fingerprint density at radius 3 is 2.64 bits per heavy atom. The van der Waals surface area contributed by atoms with E-state index in [1.165, 1.54) is 12.8 Å². The largest absolute Gasteiger partial charge is 0.493 e. The fourth-order valence-electron chi connectivity index (χ4n) is 3.71. The standard InChI is InChI=1S/C18H25NO3/c1-21-17-6-5-14(9-18(17)22-2)16(20)11-19-10-15-8-12-3-4-13(15)7-12/h3-6,9,12-13,15-16,19-20H,7-8,10-11H2,1-2H3/t12-,13-,15-,16-/m0/s1. The molecule has 0 spiro atoms. The molecule has 0 aliphatic heterocycles. The van der Waals surface area contributed by atoms with E-state index in [1.807, 2.05) is 18.2 Å². The summed E-state index contributed by atoms with van der Waals surface area (Å²) in [4.78, 5) is 0. The summed E-state index contributed by atoms with van der Waals surface area (Å²) in [5.41, 5.74) is 0.845. The number of aliphatic hydroxyl groups is 1. The second-order valence-electron chi connectivity index (χ2n) is 6.33. The average Bonchev–Trinajstić information content (AvgIpc) is 3.17. The molecule has 4 nitrogen and oxygen atoms in total. The van der Waals surface area contributed by atoms with Gasteiger partial charge in [-0.2, -0.15) is 0 Å². The molecule has 2 aliphatic rings. The van der Waals surface area contributed by atoms with Crippen LogP contribution in [0.1, 0.15) is 24.5 Å². The third kappa shape index (κ3) is 3.13. The van der Waals surface area contributed by atoms with Crippen molar-refractivity contribution in [2.45, 2.75) is 18.9 Å². The van der Waals surface area contributed by atoms with Crippen molar-refractivity contribution in [3.8, 4) is 11.5 Å². The van der Waals surface area contributed by atoms with Crippen molar-refractivity contribution in [3.05, 3.63) is 35.9 Å². The Balaban J connectivity index is 1.51. The lowest BCUT2D eigenvalue weighted by atomic mass is 9.93. The first kappa shape index (κ1) is 15.4. The van der Waals surface area contributed by atoms with Crippen LogP contribution in [0.5, 0.6) is 11.5 Å². The van der Waals surface area contributed by atoms with E-state index in [0.29, 0.717) is 18.0 Å². The van der Waals surface area contributed by atoms with Crippen LogP contribution in [0, 0.1) is 17.8 Å². The summed E-state index contributed by atoms with van der Waals surface area (Å²) in [6.07, 6.45) is 6.81. The molecule has 2 aliphatic carbocycles. The highest BCUT2D eigenvalue weighted by Gasteiger charge is 2.35. The van der Waals surface area contributed by atoms with Crippen LogP contribution in [0.25, 0.3) is 0 Å². The maximum absolute atomic E-state index is 10.3. The number of fused-ring (bicyclic) bond motifs is 2. The summed E-state index contributed by atoms with van der Waals surface area (Å²) in [7, 11) is 3.22. The molecule has 0 amide bonds. The molecule has 0 aromatic heterocycles. The lowest BCUT2D eigenvalue weighted by molar-refractivity contribution is 0.171. The fraction of sp³-hybridized carbons (Fsp3) is 0.556. The van der Waals surface area contributed by atoms with Gasteiger partial charge >= 0.3 is 0 Å². The van der Waals surface area contributed by atoms with E-state index in [9.17, 15) is 5.11 Å². The van der Waals surface area contributed by atoms with E-state index in [2.05, 4.69) is 17.5 Å². The van der Waals surface area contributed by atoms with Gasteiger partial charge in [-0.05, 0) is 54.8 Å². The van der Waals surface area contributed by atoms with E-state index in [4.69, 9.17) is 9.47 Å². The zero-order valence-electron chi connectivity index (χ0n) is 13.3. The Hall–Kier alpha value is -1.52. The minimum atomic E-state index is -0.533. The first-order valence-corrected chi connectivity index (χ1v) is 8.00. The number of rotatable bonds is 7. The summed E-state index contributed by atoms with van der Waals surface area (Å²) in [6.45, 7) is 1.54. The van der Waals surface area contributed by atoms with Gasteiger partial charge in [-0.1, -0.05) is 18.2 Å². The van der Waals surface area contributed by atoms with Crippen LogP contribution >= 0.6 is 0 Å². The van der Waals surface area contributed by atoms with Gasteiger partial charge < -0.3 is 19.9 Å². The van der Waals surface area contributed by atoms with Gasteiger partial charge in [-0.25, -0.2) is 0 Å². The molecule has 2 N–H and O–H groups in total. The highest BCUT2D eigenvalue weighted by atomic mass is 16.5. The Morgan fingerprint density at radius 2 is 2.00 bits per heavy atom. The summed E-state index contributed by atoms with van der Waals surface area (Å²) in [5, 5.41) is 13.8. The van der Waals surface area contributed by atoms with Gasteiger partial charge in [-0.15, -0.1) is 0 Å². The SMILES string of the molecule is COc1ccc([C@@H](O)CNC[C@@H]2C[C@H]3C=C[C@H]2C3)cc1OC. The number of hydrogen-bond acceptors (Lipinski definition) is 4.